The highest BCUT2D eigenvalue weighted by molar-refractivity contribution is 5.72. The highest BCUT2D eigenvalue weighted by Gasteiger charge is 2.22. The highest BCUT2D eigenvalue weighted by Crippen LogP contribution is 2.11. The standard InChI is InChI=1S/C11H22N2O2/c1-3-15-11(14)9(2)7-13-6-4-5-10(12)8-13/h9-10H,3-8,12H2,1-2H3/t9?,10-/m1/s1. The molecule has 0 radical (unpaired) electrons. The van der Waals surface area contributed by atoms with E-state index in [1.165, 1.54) is 0 Å². The van der Waals surface area contributed by atoms with Crippen molar-refractivity contribution in [2.45, 2.75) is 32.7 Å². The highest BCUT2D eigenvalue weighted by atomic mass is 16.5. The minimum atomic E-state index is -0.100. The van der Waals surface area contributed by atoms with Crippen LogP contribution in [-0.4, -0.2) is 43.2 Å². The van der Waals surface area contributed by atoms with Gasteiger partial charge in [-0.15, -0.1) is 0 Å². The maximum atomic E-state index is 11.4. The third kappa shape index (κ3) is 4.18. The summed E-state index contributed by atoms with van der Waals surface area (Å²) in [5.41, 5.74) is 5.88. The Morgan fingerprint density at radius 3 is 3.00 bits per heavy atom. The van der Waals surface area contributed by atoms with Crippen molar-refractivity contribution in [2.24, 2.45) is 11.7 Å². The van der Waals surface area contributed by atoms with Gasteiger partial charge in [-0.05, 0) is 26.3 Å². The number of likely N-dealkylation sites (tertiary alicyclic amines) is 1. The van der Waals surface area contributed by atoms with Gasteiger partial charge in [0.2, 0.25) is 0 Å². The molecule has 0 aliphatic carbocycles. The summed E-state index contributed by atoms with van der Waals surface area (Å²) in [5.74, 6) is -0.146. The molecule has 88 valence electrons. The first-order chi connectivity index (χ1) is 7.13. The predicted octanol–water partition coefficient (Wildman–Crippen LogP) is 0.609. The zero-order chi connectivity index (χ0) is 11.3. The molecular weight excluding hydrogens is 192 g/mol. The number of nitrogens with zero attached hydrogens (tertiary/aromatic N) is 1. The normalized spacial score (nSPS) is 24.9. The third-order valence-electron chi connectivity index (χ3n) is 2.76. The number of esters is 1. The Bertz CT molecular complexity index is 209. The number of carbonyl (C=O) groups is 1. The zero-order valence-corrected chi connectivity index (χ0v) is 9.74. The number of rotatable bonds is 4. The molecular formula is C11H22N2O2. The van der Waals surface area contributed by atoms with Crippen molar-refractivity contribution in [2.75, 3.05) is 26.2 Å². The fourth-order valence-electron chi connectivity index (χ4n) is 2.00. The molecule has 1 fully saturated rings. The SMILES string of the molecule is CCOC(=O)C(C)CN1CCC[C@@H](N)C1. The van der Waals surface area contributed by atoms with Gasteiger partial charge >= 0.3 is 5.97 Å². The first-order valence-electron chi connectivity index (χ1n) is 5.78. The molecule has 15 heavy (non-hydrogen) atoms. The number of hydrogen-bond donors (Lipinski definition) is 1. The molecule has 2 N–H and O–H groups in total. The van der Waals surface area contributed by atoms with E-state index in [0.29, 0.717) is 6.61 Å². The molecule has 4 nitrogen and oxygen atoms in total. The maximum absolute atomic E-state index is 11.4. The van der Waals surface area contributed by atoms with E-state index in [1.54, 1.807) is 0 Å². The summed E-state index contributed by atoms with van der Waals surface area (Å²) >= 11 is 0. The van der Waals surface area contributed by atoms with E-state index < -0.39 is 0 Å². The van der Waals surface area contributed by atoms with Crippen LogP contribution >= 0.6 is 0 Å². The molecule has 2 atom stereocenters. The van der Waals surface area contributed by atoms with Crippen LogP contribution in [0.1, 0.15) is 26.7 Å². The van der Waals surface area contributed by atoms with Crippen molar-refractivity contribution in [1.29, 1.82) is 0 Å². The second-order valence-corrected chi connectivity index (χ2v) is 4.31. The van der Waals surface area contributed by atoms with Gasteiger partial charge in [0, 0.05) is 19.1 Å². The Labute approximate surface area is 91.8 Å². The Balaban J connectivity index is 2.30. The molecule has 1 heterocycles. The van der Waals surface area contributed by atoms with Crippen molar-refractivity contribution < 1.29 is 9.53 Å². The summed E-state index contributed by atoms with van der Waals surface area (Å²) in [7, 11) is 0. The van der Waals surface area contributed by atoms with Gasteiger partial charge in [-0.25, -0.2) is 0 Å². The van der Waals surface area contributed by atoms with E-state index in [4.69, 9.17) is 10.5 Å². The van der Waals surface area contributed by atoms with Crippen LogP contribution in [0.5, 0.6) is 0 Å². The Hall–Kier alpha value is -0.610. The van der Waals surface area contributed by atoms with Gasteiger partial charge in [0.05, 0.1) is 12.5 Å². The van der Waals surface area contributed by atoms with E-state index in [-0.39, 0.29) is 17.9 Å². The second-order valence-electron chi connectivity index (χ2n) is 4.31. The number of carbonyl (C=O) groups excluding carboxylic acids is 1. The molecule has 1 unspecified atom stereocenters. The summed E-state index contributed by atoms with van der Waals surface area (Å²) in [6.07, 6.45) is 2.24. The lowest BCUT2D eigenvalue weighted by atomic mass is 10.0. The summed E-state index contributed by atoms with van der Waals surface area (Å²) in [6.45, 7) is 6.94. The largest absolute Gasteiger partial charge is 0.466 e. The van der Waals surface area contributed by atoms with Crippen LogP contribution in [0.2, 0.25) is 0 Å². The van der Waals surface area contributed by atoms with Crippen LogP contribution in [0.3, 0.4) is 0 Å². The predicted molar refractivity (Wildman–Crippen MR) is 59.4 cm³/mol. The van der Waals surface area contributed by atoms with Crippen molar-refractivity contribution in [1.82, 2.24) is 4.90 Å². The van der Waals surface area contributed by atoms with E-state index >= 15 is 0 Å². The molecule has 0 aromatic carbocycles. The van der Waals surface area contributed by atoms with Gasteiger partial charge in [0.15, 0.2) is 0 Å². The van der Waals surface area contributed by atoms with Crippen LogP contribution in [-0.2, 0) is 9.53 Å². The number of ether oxygens (including phenoxy) is 1. The lowest BCUT2D eigenvalue weighted by Gasteiger charge is -2.31. The molecule has 1 aliphatic rings. The Morgan fingerprint density at radius 1 is 1.67 bits per heavy atom. The van der Waals surface area contributed by atoms with Gasteiger partial charge < -0.3 is 15.4 Å². The Morgan fingerprint density at radius 2 is 2.40 bits per heavy atom. The molecule has 1 aliphatic heterocycles. The molecule has 1 saturated heterocycles. The maximum Gasteiger partial charge on any atom is 0.309 e. The number of piperidine rings is 1. The van der Waals surface area contributed by atoms with Crippen LogP contribution in [0.15, 0.2) is 0 Å². The minimum absolute atomic E-state index is 0.0461. The van der Waals surface area contributed by atoms with Gasteiger partial charge in [0.25, 0.3) is 0 Å². The van der Waals surface area contributed by atoms with Crippen LogP contribution in [0.25, 0.3) is 0 Å². The topological polar surface area (TPSA) is 55.6 Å². The average molecular weight is 214 g/mol. The fourth-order valence-corrected chi connectivity index (χ4v) is 2.00. The van der Waals surface area contributed by atoms with Gasteiger partial charge in [-0.2, -0.15) is 0 Å². The lowest BCUT2D eigenvalue weighted by Crippen LogP contribution is -2.45. The van der Waals surface area contributed by atoms with Crippen LogP contribution in [0, 0.1) is 5.92 Å². The van der Waals surface area contributed by atoms with E-state index in [0.717, 1.165) is 32.5 Å². The van der Waals surface area contributed by atoms with Crippen molar-refractivity contribution >= 4 is 5.97 Å². The molecule has 0 saturated carbocycles. The lowest BCUT2D eigenvalue weighted by molar-refractivity contribution is -0.148. The average Bonchev–Trinajstić information content (AvgIpc) is 2.18. The first kappa shape index (κ1) is 12.5. The smallest absolute Gasteiger partial charge is 0.309 e. The first-order valence-corrected chi connectivity index (χ1v) is 5.78. The van der Waals surface area contributed by atoms with E-state index in [1.807, 2.05) is 13.8 Å². The summed E-state index contributed by atoms with van der Waals surface area (Å²) in [6, 6.07) is 0.271. The van der Waals surface area contributed by atoms with E-state index in [2.05, 4.69) is 4.90 Å². The van der Waals surface area contributed by atoms with Crippen LogP contribution < -0.4 is 5.73 Å². The van der Waals surface area contributed by atoms with Crippen molar-refractivity contribution in [3.63, 3.8) is 0 Å². The summed E-state index contributed by atoms with van der Waals surface area (Å²) in [4.78, 5) is 13.7. The third-order valence-corrected chi connectivity index (χ3v) is 2.76. The van der Waals surface area contributed by atoms with Crippen LogP contribution in [0.4, 0.5) is 0 Å². The molecule has 4 heteroatoms. The number of hydrogen-bond acceptors (Lipinski definition) is 4. The summed E-state index contributed by atoms with van der Waals surface area (Å²) in [5, 5.41) is 0. The van der Waals surface area contributed by atoms with Gasteiger partial charge in [-0.3, -0.25) is 4.79 Å². The molecule has 0 amide bonds. The van der Waals surface area contributed by atoms with Crippen molar-refractivity contribution in [3.8, 4) is 0 Å². The molecule has 1 rings (SSSR count). The second kappa shape index (κ2) is 6.08. The molecule has 0 spiro atoms. The quantitative estimate of drug-likeness (QED) is 0.697. The van der Waals surface area contributed by atoms with Crippen molar-refractivity contribution in [3.05, 3.63) is 0 Å². The Kier molecular flexibility index (Phi) is 5.05. The zero-order valence-electron chi connectivity index (χ0n) is 9.74. The molecule has 0 bridgehead atoms. The monoisotopic (exact) mass is 214 g/mol. The van der Waals surface area contributed by atoms with Gasteiger partial charge in [-0.1, -0.05) is 6.92 Å². The number of nitrogens with two attached hydrogens (primary N) is 1. The molecule has 0 aromatic heterocycles. The fraction of sp³-hybridized carbons (Fsp3) is 0.909. The minimum Gasteiger partial charge on any atom is -0.466 e. The van der Waals surface area contributed by atoms with E-state index in [9.17, 15) is 4.79 Å². The summed E-state index contributed by atoms with van der Waals surface area (Å²) < 4.78 is 4.98. The molecule has 0 aromatic rings. The van der Waals surface area contributed by atoms with Gasteiger partial charge in [0.1, 0.15) is 0 Å².